The maximum atomic E-state index is 14.0. The van der Waals surface area contributed by atoms with Crippen molar-refractivity contribution in [3.63, 3.8) is 0 Å². The van der Waals surface area contributed by atoms with Crippen molar-refractivity contribution in [2.24, 2.45) is 0 Å². The summed E-state index contributed by atoms with van der Waals surface area (Å²) in [4.78, 5) is 10.8. The molecule has 0 bridgehead atoms. The Kier molecular flexibility index (Phi) is 7.51. The number of benzene rings is 3. The van der Waals surface area contributed by atoms with Crippen LogP contribution < -0.4 is 14.2 Å². The SMILES string of the molecule is O=C(O)COc1cccc2c1CCCC2NS(=O)(=O)c1ccc(Oc2ccc(Cl)cc2F)c(Cl)c1. The summed E-state index contributed by atoms with van der Waals surface area (Å²) in [5.41, 5.74) is 1.51. The Morgan fingerprint density at radius 1 is 1.09 bits per heavy atom. The summed E-state index contributed by atoms with van der Waals surface area (Å²) in [6, 6.07) is 12.4. The first-order valence-electron chi connectivity index (χ1n) is 10.6. The summed E-state index contributed by atoms with van der Waals surface area (Å²) in [7, 11) is -3.98. The van der Waals surface area contributed by atoms with Gasteiger partial charge in [-0.15, -0.1) is 0 Å². The minimum atomic E-state index is -3.98. The number of carboxylic acids is 1. The molecule has 0 fully saturated rings. The van der Waals surface area contributed by atoms with Gasteiger partial charge in [0.1, 0.15) is 11.5 Å². The molecule has 4 rings (SSSR count). The highest BCUT2D eigenvalue weighted by Gasteiger charge is 2.28. The smallest absolute Gasteiger partial charge is 0.341 e. The first-order valence-corrected chi connectivity index (χ1v) is 12.8. The van der Waals surface area contributed by atoms with Crippen LogP contribution in [-0.2, 0) is 21.2 Å². The Hall–Kier alpha value is -2.85. The quantitative estimate of drug-likeness (QED) is 0.378. The number of nitrogens with one attached hydrogen (secondary N) is 1. The Morgan fingerprint density at radius 3 is 2.57 bits per heavy atom. The van der Waals surface area contributed by atoms with Crippen molar-refractivity contribution in [3.8, 4) is 17.2 Å². The Morgan fingerprint density at radius 2 is 1.86 bits per heavy atom. The van der Waals surface area contributed by atoms with Crippen LogP contribution in [0.2, 0.25) is 10.0 Å². The number of aliphatic carboxylic acids is 1. The molecule has 0 aliphatic heterocycles. The topological polar surface area (TPSA) is 102 Å². The number of carboxylic acid groups (broad SMARTS) is 1. The van der Waals surface area contributed by atoms with Crippen LogP contribution in [-0.4, -0.2) is 26.1 Å². The number of ether oxygens (including phenoxy) is 2. The van der Waals surface area contributed by atoms with Crippen LogP contribution in [0.4, 0.5) is 4.39 Å². The van der Waals surface area contributed by atoms with Gasteiger partial charge < -0.3 is 14.6 Å². The maximum absolute atomic E-state index is 14.0. The van der Waals surface area contributed by atoms with E-state index in [0.29, 0.717) is 25.0 Å². The van der Waals surface area contributed by atoms with E-state index in [1.807, 2.05) is 0 Å². The van der Waals surface area contributed by atoms with Crippen LogP contribution in [0.3, 0.4) is 0 Å². The van der Waals surface area contributed by atoms with E-state index in [1.165, 1.54) is 30.3 Å². The standard InChI is InChI=1S/C24H20Cl2FNO6S/c25-14-7-9-23(19(27)11-14)34-22-10-8-15(12-18(22)26)35(31,32)28-20-5-1-4-17-16(20)3-2-6-21(17)33-13-24(29)30/h2-3,6-12,20,28H,1,4-5,13H2,(H,29,30). The van der Waals surface area contributed by atoms with Gasteiger partial charge in [0.2, 0.25) is 10.0 Å². The molecule has 3 aromatic rings. The van der Waals surface area contributed by atoms with E-state index in [9.17, 15) is 17.6 Å². The molecule has 0 saturated carbocycles. The molecule has 11 heteroatoms. The molecule has 0 saturated heterocycles. The molecule has 0 aromatic heterocycles. The molecule has 0 amide bonds. The molecule has 1 aliphatic carbocycles. The first-order chi connectivity index (χ1) is 16.6. The predicted molar refractivity (Wildman–Crippen MR) is 129 cm³/mol. The second kappa shape index (κ2) is 10.4. The molecule has 7 nitrogen and oxygen atoms in total. The molecular weight excluding hydrogens is 520 g/mol. The van der Waals surface area contributed by atoms with E-state index in [4.69, 9.17) is 37.8 Å². The molecule has 184 valence electrons. The second-order valence-electron chi connectivity index (χ2n) is 7.84. The molecule has 0 heterocycles. The molecule has 0 spiro atoms. The molecule has 3 aromatic carbocycles. The predicted octanol–water partition coefficient (Wildman–Crippen LogP) is 5.74. The van der Waals surface area contributed by atoms with Crippen molar-refractivity contribution in [3.05, 3.63) is 81.6 Å². The van der Waals surface area contributed by atoms with Crippen molar-refractivity contribution in [1.82, 2.24) is 4.72 Å². The zero-order valence-corrected chi connectivity index (χ0v) is 20.5. The Labute approximate surface area is 211 Å². The van der Waals surface area contributed by atoms with E-state index in [0.717, 1.165) is 17.2 Å². The number of halogens is 3. The third-order valence-electron chi connectivity index (χ3n) is 5.44. The van der Waals surface area contributed by atoms with Crippen molar-refractivity contribution in [1.29, 1.82) is 0 Å². The average molecular weight is 540 g/mol. The largest absolute Gasteiger partial charge is 0.482 e. The van der Waals surface area contributed by atoms with Gasteiger partial charge in [-0.2, -0.15) is 0 Å². The highest BCUT2D eigenvalue weighted by Crippen LogP contribution is 2.37. The Balaban J connectivity index is 1.55. The zero-order valence-electron chi connectivity index (χ0n) is 18.1. The first kappa shape index (κ1) is 25.2. The fourth-order valence-electron chi connectivity index (χ4n) is 3.88. The lowest BCUT2D eigenvalue weighted by atomic mass is 9.87. The lowest BCUT2D eigenvalue weighted by molar-refractivity contribution is -0.139. The minimum absolute atomic E-state index is 0.0179. The molecule has 1 unspecified atom stereocenters. The number of sulfonamides is 1. The van der Waals surface area contributed by atoms with Crippen molar-refractivity contribution < 1.29 is 32.2 Å². The van der Waals surface area contributed by atoms with E-state index >= 15 is 0 Å². The van der Waals surface area contributed by atoms with Gasteiger partial charge in [-0.1, -0.05) is 35.3 Å². The monoisotopic (exact) mass is 539 g/mol. The molecule has 0 radical (unpaired) electrons. The number of hydrogen-bond donors (Lipinski definition) is 2. The van der Waals surface area contributed by atoms with Gasteiger partial charge >= 0.3 is 5.97 Å². The Bertz CT molecular complexity index is 1380. The summed E-state index contributed by atoms with van der Waals surface area (Å²) in [5.74, 6) is -1.39. The number of carbonyl (C=O) groups is 1. The molecular formula is C24H20Cl2FNO6S. The van der Waals surface area contributed by atoms with Crippen LogP contribution in [0.25, 0.3) is 0 Å². The summed E-state index contributed by atoms with van der Waals surface area (Å²) in [5, 5.41) is 9.09. The van der Waals surface area contributed by atoms with Gasteiger partial charge in [0.05, 0.1) is 9.92 Å². The lowest BCUT2D eigenvalue weighted by Crippen LogP contribution is -2.31. The maximum Gasteiger partial charge on any atom is 0.341 e. The van der Waals surface area contributed by atoms with E-state index in [1.54, 1.807) is 18.2 Å². The third kappa shape index (κ3) is 5.87. The summed E-state index contributed by atoms with van der Waals surface area (Å²) in [6.45, 7) is -0.486. The second-order valence-corrected chi connectivity index (χ2v) is 10.4. The van der Waals surface area contributed by atoms with Gasteiger partial charge in [-0.3, -0.25) is 0 Å². The fourth-order valence-corrected chi connectivity index (χ4v) is 5.59. The van der Waals surface area contributed by atoms with E-state index in [-0.39, 0.29) is 26.4 Å². The number of rotatable bonds is 8. The normalized spacial score (nSPS) is 15.3. The molecule has 35 heavy (non-hydrogen) atoms. The minimum Gasteiger partial charge on any atom is -0.482 e. The van der Waals surface area contributed by atoms with Crippen molar-refractivity contribution in [2.45, 2.75) is 30.2 Å². The fraction of sp³-hybridized carbons (Fsp3) is 0.208. The average Bonchev–Trinajstić information content (AvgIpc) is 2.80. The molecule has 2 N–H and O–H groups in total. The molecule has 1 aliphatic rings. The summed E-state index contributed by atoms with van der Waals surface area (Å²) in [6.07, 6.45) is 1.88. The van der Waals surface area contributed by atoms with Gasteiger partial charge in [-0.05, 0) is 72.9 Å². The highest BCUT2D eigenvalue weighted by atomic mass is 35.5. The summed E-state index contributed by atoms with van der Waals surface area (Å²) < 4.78 is 53.8. The van der Waals surface area contributed by atoms with Crippen LogP contribution in [0.5, 0.6) is 17.2 Å². The van der Waals surface area contributed by atoms with Gasteiger partial charge in [0.15, 0.2) is 18.2 Å². The van der Waals surface area contributed by atoms with E-state index in [2.05, 4.69) is 4.72 Å². The number of hydrogen-bond acceptors (Lipinski definition) is 5. The lowest BCUT2D eigenvalue weighted by Gasteiger charge is -2.27. The van der Waals surface area contributed by atoms with Gasteiger partial charge in [0, 0.05) is 11.1 Å². The van der Waals surface area contributed by atoms with Crippen LogP contribution in [0, 0.1) is 5.82 Å². The van der Waals surface area contributed by atoms with Crippen LogP contribution in [0.1, 0.15) is 30.0 Å². The number of fused-ring (bicyclic) bond motifs is 1. The van der Waals surface area contributed by atoms with Crippen LogP contribution >= 0.6 is 23.2 Å². The summed E-state index contributed by atoms with van der Waals surface area (Å²) >= 11 is 12.0. The zero-order chi connectivity index (χ0) is 25.2. The van der Waals surface area contributed by atoms with Gasteiger partial charge in [-0.25, -0.2) is 22.3 Å². The highest BCUT2D eigenvalue weighted by molar-refractivity contribution is 7.89. The third-order valence-corrected chi connectivity index (χ3v) is 7.44. The molecule has 1 atom stereocenters. The van der Waals surface area contributed by atoms with E-state index < -0.39 is 34.5 Å². The van der Waals surface area contributed by atoms with Crippen LogP contribution in [0.15, 0.2) is 59.5 Å². The van der Waals surface area contributed by atoms with Crippen molar-refractivity contribution >= 4 is 39.2 Å². The van der Waals surface area contributed by atoms with Crippen molar-refractivity contribution in [2.75, 3.05) is 6.61 Å². The van der Waals surface area contributed by atoms with Gasteiger partial charge in [0.25, 0.3) is 0 Å².